The van der Waals surface area contributed by atoms with Crippen molar-refractivity contribution in [2.75, 3.05) is 13.2 Å². The highest BCUT2D eigenvalue weighted by atomic mass is 32.1. The second kappa shape index (κ2) is 6.59. The van der Waals surface area contributed by atoms with E-state index in [1.807, 2.05) is 31.2 Å². The topological polar surface area (TPSA) is 44.5 Å². The third-order valence-electron chi connectivity index (χ3n) is 2.69. The maximum atomic E-state index is 6.12. The minimum absolute atomic E-state index is 0.103. The molecule has 0 saturated carbocycles. The molecule has 0 radical (unpaired) electrons. The largest absolute Gasteiger partial charge is 0.490 e. The van der Waals surface area contributed by atoms with Gasteiger partial charge in [0.1, 0.15) is 6.61 Å². The summed E-state index contributed by atoms with van der Waals surface area (Å²) in [5.41, 5.74) is 6.12. The SMILES string of the molecule is CCOc1ccccc1OCC(N)c1ccc(C)s1. The smallest absolute Gasteiger partial charge is 0.161 e. The zero-order chi connectivity index (χ0) is 13.7. The van der Waals surface area contributed by atoms with E-state index in [2.05, 4.69) is 19.1 Å². The van der Waals surface area contributed by atoms with Crippen LogP contribution in [0, 0.1) is 6.92 Å². The van der Waals surface area contributed by atoms with Crippen LogP contribution in [0.3, 0.4) is 0 Å². The highest BCUT2D eigenvalue weighted by molar-refractivity contribution is 7.12. The summed E-state index contributed by atoms with van der Waals surface area (Å²) in [7, 11) is 0. The first kappa shape index (κ1) is 13.9. The Morgan fingerprint density at radius 3 is 2.37 bits per heavy atom. The Morgan fingerprint density at radius 2 is 1.79 bits per heavy atom. The van der Waals surface area contributed by atoms with Gasteiger partial charge < -0.3 is 15.2 Å². The van der Waals surface area contributed by atoms with Crippen LogP contribution in [0.25, 0.3) is 0 Å². The third kappa shape index (κ3) is 3.72. The van der Waals surface area contributed by atoms with Crippen LogP contribution in [0.4, 0.5) is 0 Å². The Morgan fingerprint density at radius 1 is 1.11 bits per heavy atom. The van der Waals surface area contributed by atoms with Gasteiger partial charge in [0.15, 0.2) is 11.5 Å². The van der Waals surface area contributed by atoms with Crippen LogP contribution in [0.2, 0.25) is 0 Å². The van der Waals surface area contributed by atoms with Gasteiger partial charge in [-0.25, -0.2) is 0 Å². The van der Waals surface area contributed by atoms with Crippen molar-refractivity contribution in [2.24, 2.45) is 5.73 Å². The third-order valence-corrected chi connectivity index (χ3v) is 3.83. The molecule has 1 heterocycles. The van der Waals surface area contributed by atoms with E-state index in [0.717, 1.165) is 16.4 Å². The predicted molar refractivity (Wildman–Crippen MR) is 79.1 cm³/mol. The first-order chi connectivity index (χ1) is 9.20. The molecule has 1 aromatic carbocycles. The summed E-state index contributed by atoms with van der Waals surface area (Å²) in [5, 5.41) is 0. The molecule has 2 rings (SSSR count). The Hall–Kier alpha value is -1.52. The van der Waals surface area contributed by atoms with Crippen molar-refractivity contribution in [3.8, 4) is 11.5 Å². The normalized spacial score (nSPS) is 12.2. The molecular weight excluding hydrogens is 258 g/mol. The van der Waals surface area contributed by atoms with Crippen LogP contribution in [-0.2, 0) is 0 Å². The van der Waals surface area contributed by atoms with Crippen molar-refractivity contribution >= 4 is 11.3 Å². The van der Waals surface area contributed by atoms with Gasteiger partial charge in [0.05, 0.1) is 12.6 Å². The second-order valence-corrected chi connectivity index (χ2v) is 5.57. The molecule has 0 aliphatic carbocycles. The molecule has 0 fully saturated rings. The predicted octanol–water partition coefficient (Wildman–Crippen LogP) is 3.53. The molecular formula is C15H19NO2S. The van der Waals surface area contributed by atoms with Crippen LogP contribution in [-0.4, -0.2) is 13.2 Å². The van der Waals surface area contributed by atoms with Gasteiger partial charge in [0.2, 0.25) is 0 Å². The highest BCUT2D eigenvalue weighted by Crippen LogP contribution is 2.28. The number of hydrogen-bond donors (Lipinski definition) is 1. The number of thiophene rings is 1. The Kier molecular flexibility index (Phi) is 4.82. The van der Waals surface area contributed by atoms with Gasteiger partial charge in [0.25, 0.3) is 0 Å². The molecule has 3 nitrogen and oxygen atoms in total. The summed E-state index contributed by atoms with van der Waals surface area (Å²) in [4.78, 5) is 2.41. The van der Waals surface area contributed by atoms with E-state index in [-0.39, 0.29) is 6.04 Å². The zero-order valence-electron chi connectivity index (χ0n) is 11.3. The Bertz CT molecular complexity index is 524. The van der Waals surface area contributed by atoms with E-state index in [4.69, 9.17) is 15.2 Å². The molecule has 1 atom stereocenters. The molecule has 0 bridgehead atoms. The van der Waals surface area contributed by atoms with Crippen molar-refractivity contribution in [1.29, 1.82) is 0 Å². The monoisotopic (exact) mass is 277 g/mol. The average Bonchev–Trinajstić information content (AvgIpc) is 2.84. The molecule has 0 spiro atoms. The molecule has 0 aliphatic heterocycles. The van der Waals surface area contributed by atoms with Crippen LogP contribution >= 0.6 is 11.3 Å². The van der Waals surface area contributed by atoms with Gasteiger partial charge >= 0.3 is 0 Å². The van der Waals surface area contributed by atoms with Gasteiger partial charge in [-0.2, -0.15) is 0 Å². The van der Waals surface area contributed by atoms with Gasteiger partial charge in [0, 0.05) is 9.75 Å². The van der Waals surface area contributed by atoms with Crippen LogP contribution in [0.15, 0.2) is 36.4 Å². The number of nitrogens with two attached hydrogens (primary N) is 1. The molecule has 4 heteroatoms. The van der Waals surface area contributed by atoms with Crippen molar-refractivity contribution in [1.82, 2.24) is 0 Å². The van der Waals surface area contributed by atoms with Crippen LogP contribution in [0.5, 0.6) is 11.5 Å². The molecule has 0 amide bonds. The number of ether oxygens (including phenoxy) is 2. The molecule has 19 heavy (non-hydrogen) atoms. The van der Waals surface area contributed by atoms with E-state index in [1.165, 1.54) is 4.88 Å². The summed E-state index contributed by atoms with van der Waals surface area (Å²) in [5.74, 6) is 1.51. The molecule has 2 N–H and O–H groups in total. The maximum Gasteiger partial charge on any atom is 0.161 e. The standard InChI is InChI=1S/C15H19NO2S/c1-3-17-13-6-4-5-7-14(13)18-10-12(16)15-9-8-11(2)19-15/h4-9,12H,3,10,16H2,1-2H3. The first-order valence-corrected chi connectivity index (χ1v) is 7.19. The van der Waals surface area contributed by atoms with Crippen molar-refractivity contribution in [3.63, 3.8) is 0 Å². The van der Waals surface area contributed by atoms with E-state index >= 15 is 0 Å². The van der Waals surface area contributed by atoms with E-state index in [1.54, 1.807) is 11.3 Å². The Balaban J connectivity index is 1.98. The van der Waals surface area contributed by atoms with E-state index in [0.29, 0.717) is 13.2 Å². The quantitative estimate of drug-likeness (QED) is 0.878. The number of benzene rings is 1. The van der Waals surface area contributed by atoms with Crippen LogP contribution in [0.1, 0.15) is 22.7 Å². The molecule has 1 aromatic heterocycles. The fourth-order valence-electron chi connectivity index (χ4n) is 1.76. The molecule has 0 aliphatic rings. The van der Waals surface area contributed by atoms with Gasteiger partial charge in [-0.15, -0.1) is 11.3 Å². The first-order valence-electron chi connectivity index (χ1n) is 6.37. The lowest BCUT2D eigenvalue weighted by Crippen LogP contribution is -2.18. The average molecular weight is 277 g/mol. The maximum absolute atomic E-state index is 6.12. The second-order valence-electron chi connectivity index (χ2n) is 4.25. The van der Waals surface area contributed by atoms with E-state index < -0.39 is 0 Å². The highest BCUT2D eigenvalue weighted by Gasteiger charge is 2.11. The number of rotatable bonds is 6. The number of hydrogen-bond acceptors (Lipinski definition) is 4. The van der Waals surface area contributed by atoms with E-state index in [9.17, 15) is 0 Å². The van der Waals surface area contributed by atoms with Crippen LogP contribution < -0.4 is 15.2 Å². The van der Waals surface area contributed by atoms with Gasteiger partial charge in [-0.3, -0.25) is 0 Å². The summed E-state index contributed by atoms with van der Waals surface area (Å²) < 4.78 is 11.3. The lowest BCUT2D eigenvalue weighted by molar-refractivity contribution is 0.262. The summed E-state index contributed by atoms with van der Waals surface area (Å²) in [6.07, 6.45) is 0. The van der Waals surface area contributed by atoms with Crippen molar-refractivity contribution < 1.29 is 9.47 Å². The van der Waals surface area contributed by atoms with Crippen molar-refractivity contribution in [3.05, 3.63) is 46.2 Å². The summed E-state index contributed by atoms with van der Waals surface area (Å²) in [6.45, 7) is 5.10. The summed E-state index contributed by atoms with van der Waals surface area (Å²) >= 11 is 1.71. The molecule has 2 aromatic rings. The minimum Gasteiger partial charge on any atom is -0.490 e. The lowest BCUT2D eigenvalue weighted by atomic mass is 10.2. The van der Waals surface area contributed by atoms with Crippen molar-refractivity contribution in [2.45, 2.75) is 19.9 Å². The lowest BCUT2D eigenvalue weighted by Gasteiger charge is -2.14. The minimum atomic E-state index is -0.103. The number of aryl methyl sites for hydroxylation is 1. The Labute approximate surface area is 118 Å². The summed E-state index contributed by atoms with van der Waals surface area (Å²) in [6, 6.07) is 11.7. The zero-order valence-corrected chi connectivity index (χ0v) is 12.1. The van der Waals surface area contributed by atoms with Gasteiger partial charge in [-0.05, 0) is 38.1 Å². The fraction of sp³-hybridized carbons (Fsp3) is 0.333. The molecule has 0 saturated heterocycles. The fourth-order valence-corrected chi connectivity index (χ4v) is 2.62. The molecule has 1 unspecified atom stereocenters. The number of para-hydroxylation sites is 2. The molecule has 102 valence electrons. The van der Waals surface area contributed by atoms with Gasteiger partial charge in [-0.1, -0.05) is 12.1 Å².